The minimum Gasteiger partial charge on any atom is -0.387 e. The van der Waals surface area contributed by atoms with Crippen LogP contribution < -0.4 is 0 Å². The molecule has 1 aromatic carbocycles. The second kappa shape index (κ2) is 9.38. The molecule has 3 saturated heterocycles. The Morgan fingerprint density at radius 3 is 2.59 bits per heavy atom. The lowest BCUT2D eigenvalue weighted by atomic mass is 9.83. The SMILES string of the molecule is CC.OC1(C2(c3cc(Br)ccc3F)SCCCS2)CCCN2CCCC2C1. The average molecular weight is 477 g/mol. The Bertz CT molecular complexity index is 641. The molecule has 3 fully saturated rings. The van der Waals surface area contributed by atoms with Gasteiger partial charge in [0.1, 0.15) is 9.90 Å². The number of rotatable bonds is 2. The van der Waals surface area contributed by atoms with Gasteiger partial charge in [-0.15, -0.1) is 23.5 Å². The molecule has 0 bridgehead atoms. The standard InChI is InChI=1S/C19H25BrFNOS2.C2H6/c20-14-5-6-17(21)16(12-14)19(24-10-3-11-25-19)18(23)7-2-9-22-8-1-4-15(22)13-18;1-2/h5-6,12,15,23H,1-4,7-11,13H2;1-2H3. The molecule has 0 saturated carbocycles. The number of benzene rings is 1. The number of thioether (sulfide) groups is 2. The molecule has 2 unspecified atom stereocenters. The van der Waals surface area contributed by atoms with E-state index in [1.54, 1.807) is 35.7 Å². The van der Waals surface area contributed by atoms with Gasteiger partial charge in [-0.3, -0.25) is 0 Å². The highest BCUT2D eigenvalue weighted by atomic mass is 79.9. The highest BCUT2D eigenvalue weighted by molar-refractivity contribution is 9.10. The van der Waals surface area contributed by atoms with E-state index < -0.39 is 9.68 Å². The van der Waals surface area contributed by atoms with E-state index in [1.165, 1.54) is 6.42 Å². The third-order valence-corrected chi connectivity index (χ3v) is 10.1. The summed E-state index contributed by atoms with van der Waals surface area (Å²) < 4.78 is 15.2. The van der Waals surface area contributed by atoms with Crippen molar-refractivity contribution in [2.75, 3.05) is 24.6 Å². The smallest absolute Gasteiger partial charge is 0.128 e. The van der Waals surface area contributed by atoms with E-state index in [0.29, 0.717) is 11.6 Å². The first-order valence-electron chi connectivity index (χ1n) is 10.2. The molecule has 2 nitrogen and oxygen atoms in total. The second-order valence-corrected chi connectivity index (χ2v) is 11.3. The molecule has 3 aliphatic rings. The molecular formula is C21H31BrFNOS2. The molecule has 0 spiro atoms. The fraction of sp³-hybridized carbons (Fsp3) is 0.714. The molecular weight excluding hydrogens is 445 g/mol. The molecule has 0 aromatic heterocycles. The van der Waals surface area contributed by atoms with E-state index in [2.05, 4.69) is 20.8 Å². The van der Waals surface area contributed by atoms with Gasteiger partial charge >= 0.3 is 0 Å². The average Bonchev–Trinajstić information content (AvgIpc) is 3.05. The van der Waals surface area contributed by atoms with Crippen LogP contribution in [-0.2, 0) is 4.08 Å². The second-order valence-electron chi connectivity index (χ2n) is 7.46. The molecule has 0 amide bonds. The number of aliphatic hydroxyl groups is 1. The van der Waals surface area contributed by atoms with Gasteiger partial charge in [-0.1, -0.05) is 29.8 Å². The van der Waals surface area contributed by atoms with Gasteiger partial charge in [0.2, 0.25) is 0 Å². The van der Waals surface area contributed by atoms with Gasteiger partial charge in [0, 0.05) is 16.1 Å². The van der Waals surface area contributed by atoms with Crippen molar-refractivity contribution >= 4 is 39.5 Å². The monoisotopic (exact) mass is 475 g/mol. The number of nitrogens with zero attached hydrogens (tertiary/aromatic N) is 1. The summed E-state index contributed by atoms with van der Waals surface area (Å²) in [5.74, 6) is 1.77. The lowest BCUT2D eigenvalue weighted by molar-refractivity contribution is 0.00200. The van der Waals surface area contributed by atoms with Gasteiger partial charge in [-0.25, -0.2) is 4.39 Å². The first-order chi connectivity index (χ1) is 13.0. The Morgan fingerprint density at radius 1 is 1.15 bits per heavy atom. The quantitative estimate of drug-likeness (QED) is 0.564. The van der Waals surface area contributed by atoms with Crippen LogP contribution in [0.15, 0.2) is 22.7 Å². The van der Waals surface area contributed by atoms with E-state index >= 15 is 0 Å². The zero-order valence-corrected chi connectivity index (χ0v) is 19.6. The zero-order chi connectivity index (χ0) is 19.5. The Labute approximate surface area is 180 Å². The van der Waals surface area contributed by atoms with Crippen molar-refractivity contribution in [1.29, 1.82) is 0 Å². The minimum atomic E-state index is -0.867. The molecule has 2 atom stereocenters. The van der Waals surface area contributed by atoms with E-state index in [4.69, 9.17) is 0 Å². The highest BCUT2D eigenvalue weighted by Crippen LogP contribution is 2.61. The molecule has 0 aliphatic carbocycles. The normalized spacial score (nSPS) is 30.8. The van der Waals surface area contributed by atoms with Crippen molar-refractivity contribution in [3.63, 3.8) is 0 Å². The molecule has 3 heterocycles. The first-order valence-corrected chi connectivity index (χ1v) is 13.0. The summed E-state index contributed by atoms with van der Waals surface area (Å²) in [6.45, 7) is 6.22. The number of hydrogen-bond donors (Lipinski definition) is 1. The summed E-state index contributed by atoms with van der Waals surface area (Å²) >= 11 is 7.05. The van der Waals surface area contributed by atoms with Crippen LogP contribution in [0, 0.1) is 5.82 Å². The highest BCUT2D eigenvalue weighted by Gasteiger charge is 2.56. The van der Waals surface area contributed by atoms with Crippen molar-refractivity contribution < 1.29 is 9.50 Å². The fourth-order valence-electron chi connectivity index (χ4n) is 4.74. The zero-order valence-electron chi connectivity index (χ0n) is 16.3. The Kier molecular flexibility index (Phi) is 7.62. The summed E-state index contributed by atoms with van der Waals surface area (Å²) in [6, 6.07) is 5.64. The van der Waals surface area contributed by atoms with Crippen molar-refractivity contribution in [1.82, 2.24) is 4.90 Å². The van der Waals surface area contributed by atoms with Gasteiger partial charge in [0.25, 0.3) is 0 Å². The van der Waals surface area contributed by atoms with E-state index in [0.717, 1.165) is 61.2 Å². The maximum atomic E-state index is 14.9. The Balaban J connectivity index is 0.00000102. The molecule has 0 radical (unpaired) electrons. The van der Waals surface area contributed by atoms with Crippen LogP contribution in [0.4, 0.5) is 4.39 Å². The Morgan fingerprint density at radius 2 is 1.85 bits per heavy atom. The third kappa shape index (κ3) is 4.25. The predicted octanol–water partition coefficient (Wildman–Crippen LogP) is 6.02. The molecule has 4 rings (SSSR count). The molecule has 152 valence electrons. The summed E-state index contributed by atoms with van der Waals surface area (Å²) in [6.07, 6.45) is 6.02. The van der Waals surface area contributed by atoms with Crippen molar-refractivity contribution in [2.45, 2.75) is 68.1 Å². The van der Waals surface area contributed by atoms with E-state index in [-0.39, 0.29) is 5.82 Å². The molecule has 1 N–H and O–H groups in total. The van der Waals surface area contributed by atoms with Gasteiger partial charge in [-0.2, -0.15) is 0 Å². The molecule has 1 aromatic rings. The molecule has 6 heteroatoms. The van der Waals surface area contributed by atoms with Crippen LogP contribution in [-0.4, -0.2) is 46.2 Å². The summed E-state index contributed by atoms with van der Waals surface area (Å²) in [5.41, 5.74) is -0.195. The largest absolute Gasteiger partial charge is 0.387 e. The molecule has 27 heavy (non-hydrogen) atoms. The van der Waals surface area contributed by atoms with Crippen LogP contribution in [0.3, 0.4) is 0 Å². The van der Waals surface area contributed by atoms with Crippen LogP contribution in [0.1, 0.15) is 57.9 Å². The van der Waals surface area contributed by atoms with Crippen molar-refractivity contribution in [3.05, 3.63) is 34.1 Å². The first kappa shape index (κ1) is 21.9. The maximum absolute atomic E-state index is 14.9. The lowest BCUT2D eigenvalue weighted by Crippen LogP contribution is -2.51. The predicted molar refractivity (Wildman–Crippen MR) is 120 cm³/mol. The number of halogens is 2. The van der Waals surface area contributed by atoms with Gasteiger partial charge in [0.15, 0.2) is 0 Å². The van der Waals surface area contributed by atoms with Gasteiger partial charge in [-0.05, 0) is 81.3 Å². The number of hydrogen-bond acceptors (Lipinski definition) is 4. The van der Waals surface area contributed by atoms with Crippen LogP contribution in [0.25, 0.3) is 0 Å². The van der Waals surface area contributed by atoms with Gasteiger partial charge in [0.05, 0.1) is 5.60 Å². The maximum Gasteiger partial charge on any atom is 0.128 e. The minimum absolute atomic E-state index is 0.189. The van der Waals surface area contributed by atoms with Crippen LogP contribution >= 0.6 is 39.5 Å². The topological polar surface area (TPSA) is 23.5 Å². The number of fused-ring (bicyclic) bond motifs is 1. The van der Waals surface area contributed by atoms with Crippen molar-refractivity contribution in [3.8, 4) is 0 Å². The van der Waals surface area contributed by atoms with Crippen LogP contribution in [0.5, 0.6) is 0 Å². The Hall–Kier alpha value is 0.250. The third-order valence-electron chi connectivity index (χ3n) is 5.90. The van der Waals surface area contributed by atoms with Crippen molar-refractivity contribution in [2.24, 2.45) is 0 Å². The summed E-state index contributed by atoms with van der Waals surface area (Å²) in [7, 11) is 0. The van der Waals surface area contributed by atoms with E-state index in [1.807, 2.05) is 19.9 Å². The lowest BCUT2D eigenvalue weighted by Gasteiger charge is -2.49. The van der Waals surface area contributed by atoms with Gasteiger partial charge < -0.3 is 10.0 Å². The summed E-state index contributed by atoms with van der Waals surface area (Å²) in [5, 5.41) is 12.0. The van der Waals surface area contributed by atoms with Crippen LogP contribution in [0.2, 0.25) is 0 Å². The molecule has 3 aliphatic heterocycles. The summed E-state index contributed by atoms with van der Waals surface area (Å²) in [4.78, 5) is 2.54. The van der Waals surface area contributed by atoms with E-state index in [9.17, 15) is 9.50 Å². The fourth-order valence-corrected chi connectivity index (χ4v) is 8.80.